The minimum Gasteiger partial charge on any atom is -0.332 e. The zero-order chi connectivity index (χ0) is 19.3. The molecule has 0 radical (unpaired) electrons. The second kappa shape index (κ2) is 6.59. The van der Waals surface area contributed by atoms with Gasteiger partial charge in [0.15, 0.2) is 0 Å². The van der Waals surface area contributed by atoms with Crippen LogP contribution in [0.25, 0.3) is 0 Å². The molecule has 1 aliphatic heterocycles. The van der Waals surface area contributed by atoms with E-state index in [2.05, 4.69) is 22.8 Å². The van der Waals surface area contributed by atoms with Crippen LogP contribution in [-0.2, 0) is 6.42 Å². The molecular formula is C23H26FN3O. The van der Waals surface area contributed by atoms with Crippen molar-refractivity contribution < 1.29 is 9.18 Å². The van der Waals surface area contributed by atoms with Crippen LogP contribution in [0.15, 0.2) is 48.5 Å². The summed E-state index contributed by atoms with van der Waals surface area (Å²) in [5, 5.41) is 6.76. The van der Waals surface area contributed by atoms with E-state index < -0.39 is 0 Å². The number of urea groups is 1. The van der Waals surface area contributed by atoms with Gasteiger partial charge in [0.2, 0.25) is 0 Å². The fourth-order valence-corrected chi connectivity index (χ4v) is 5.56. The number of halogens is 1. The fraction of sp³-hybridized carbons (Fsp3) is 0.435. The minimum atomic E-state index is -0.257. The number of benzene rings is 2. The maximum atomic E-state index is 13.5. The van der Waals surface area contributed by atoms with Gasteiger partial charge in [0.05, 0.1) is 6.04 Å². The van der Waals surface area contributed by atoms with Crippen molar-refractivity contribution in [2.45, 2.75) is 43.3 Å². The van der Waals surface area contributed by atoms with Gasteiger partial charge >= 0.3 is 6.03 Å². The van der Waals surface area contributed by atoms with Gasteiger partial charge in [0, 0.05) is 18.1 Å². The monoisotopic (exact) mass is 379 g/mol. The van der Waals surface area contributed by atoms with E-state index >= 15 is 0 Å². The molecule has 146 valence electrons. The van der Waals surface area contributed by atoms with E-state index in [0.29, 0.717) is 18.5 Å². The highest BCUT2D eigenvalue weighted by Gasteiger charge is 2.56. The second-order valence-electron chi connectivity index (χ2n) is 8.57. The summed E-state index contributed by atoms with van der Waals surface area (Å²) in [5.41, 5.74) is 3.30. The van der Waals surface area contributed by atoms with Crippen LogP contribution in [0.4, 0.5) is 9.18 Å². The summed E-state index contributed by atoms with van der Waals surface area (Å²) in [6.07, 6.45) is 3.98. The number of nitrogens with zero attached hydrogens (tertiary/aromatic N) is 1. The summed E-state index contributed by atoms with van der Waals surface area (Å²) in [7, 11) is 2.01. The molecule has 2 atom stereocenters. The largest absolute Gasteiger partial charge is 0.332 e. The van der Waals surface area contributed by atoms with Crippen LogP contribution >= 0.6 is 0 Å². The van der Waals surface area contributed by atoms with Gasteiger partial charge in [0.25, 0.3) is 0 Å². The summed E-state index contributed by atoms with van der Waals surface area (Å²) >= 11 is 0. The Hall–Kier alpha value is -2.40. The predicted molar refractivity (Wildman–Crippen MR) is 107 cm³/mol. The quantitative estimate of drug-likeness (QED) is 0.856. The van der Waals surface area contributed by atoms with Crippen molar-refractivity contribution in [1.29, 1.82) is 0 Å². The van der Waals surface area contributed by atoms with E-state index in [1.165, 1.54) is 17.7 Å². The first-order chi connectivity index (χ1) is 13.6. The minimum absolute atomic E-state index is 0.000897. The highest BCUT2D eigenvalue weighted by molar-refractivity contribution is 5.77. The lowest BCUT2D eigenvalue weighted by molar-refractivity contribution is 0.141. The third-order valence-electron chi connectivity index (χ3n) is 6.96. The summed E-state index contributed by atoms with van der Waals surface area (Å²) in [4.78, 5) is 15.3. The van der Waals surface area contributed by atoms with Crippen LogP contribution < -0.4 is 10.6 Å². The molecule has 5 heteroatoms. The van der Waals surface area contributed by atoms with Gasteiger partial charge in [-0.25, -0.2) is 9.18 Å². The van der Waals surface area contributed by atoms with E-state index in [1.807, 2.05) is 24.1 Å². The number of nitrogens with one attached hydrogen (secondary N) is 2. The Morgan fingerprint density at radius 3 is 2.57 bits per heavy atom. The maximum Gasteiger partial charge on any atom is 0.318 e. The van der Waals surface area contributed by atoms with Crippen molar-refractivity contribution in [3.63, 3.8) is 0 Å². The SMILES string of the molecule is CNC1CC2(NC(=O)N3CCc4ccccc4[C@@H]3c3ccc(F)cc3)CC1C2. The molecule has 2 amide bonds. The Bertz CT molecular complexity index is 891. The Balaban J connectivity index is 1.44. The van der Waals surface area contributed by atoms with Gasteiger partial charge in [-0.1, -0.05) is 36.4 Å². The molecule has 2 aromatic rings. The first kappa shape index (κ1) is 17.7. The smallest absolute Gasteiger partial charge is 0.318 e. The molecule has 2 N–H and O–H groups in total. The van der Waals surface area contributed by atoms with Gasteiger partial charge in [-0.05, 0) is 67.5 Å². The normalized spacial score (nSPS) is 30.5. The van der Waals surface area contributed by atoms with Gasteiger partial charge in [0.1, 0.15) is 5.82 Å². The van der Waals surface area contributed by atoms with E-state index in [9.17, 15) is 9.18 Å². The van der Waals surface area contributed by atoms with Crippen LogP contribution in [0.2, 0.25) is 0 Å². The highest BCUT2D eigenvalue weighted by atomic mass is 19.1. The Morgan fingerprint density at radius 2 is 1.86 bits per heavy atom. The van der Waals surface area contributed by atoms with Crippen molar-refractivity contribution in [3.8, 4) is 0 Å². The lowest BCUT2D eigenvalue weighted by atomic mass is 9.77. The average Bonchev–Trinajstić information content (AvgIpc) is 3.22. The van der Waals surface area contributed by atoms with Crippen LogP contribution in [0.3, 0.4) is 0 Å². The van der Waals surface area contributed by atoms with Crippen LogP contribution in [-0.4, -0.2) is 36.1 Å². The van der Waals surface area contributed by atoms with Crippen LogP contribution in [0, 0.1) is 11.7 Å². The molecule has 6 rings (SSSR count). The van der Waals surface area contributed by atoms with Crippen LogP contribution in [0.1, 0.15) is 42.0 Å². The molecule has 0 aromatic heterocycles. The number of fused-ring (bicyclic) bond motifs is 2. The number of carbonyl (C=O) groups excluding carboxylic acids is 1. The molecule has 4 nitrogen and oxygen atoms in total. The van der Waals surface area contributed by atoms with Gasteiger partial charge < -0.3 is 15.5 Å². The highest BCUT2D eigenvalue weighted by Crippen LogP contribution is 2.52. The number of carbonyl (C=O) groups is 1. The molecule has 4 aliphatic rings. The number of hydrogen-bond acceptors (Lipinski definition) is 2. The van der Waals surface area contributed by atoms with Gasteiger partial charge in [-0.3, -0.25) is 0 Å². The van der Waals surface area contributed by atoms with Gasteiger partial charge in [-0.15, -0.1) is 0 Å². The summed E-state index contributed by atoms with van der Waals surface area (Å²) in [6.45, 7) is 0.667. The number of rotatable bonds is 3. The summed E-state index contributed by atoms with van der Waals surface area (Å²) in [6, 6.07) is 15.2. The van der Waals surface area contributed by atoms with Crippen molar-refractivity contribution in [2.24, 2.45) is 5.92 Å². The molecule has 0 spiro atoms. The number of hydrogen-bond donors (Lipinski definition) is 2. The zero-order valence-electron chi connectivity index (χ0n) is 16.1. The van der Waals surface area contributed by atoms with Crippen molar-refractivity contribution >= 4 is 6.03 Å². The average molecular weight is 379 g/mol. The fourth-order valence-electron chi connectivity index (χ4n) is 5.56. The first-order valence-electron chi connectivity index (χ1n) is 10.2. The molecule has 2 bridgehead atoms. The lowest BCUT2D eigenvalue weighted by Crippen LogP contribution is -2.57. The van der Waals surface area contributed by atoms with E-state index in [4.69, 9.17) is 0 Å². The van der Waals surface area contributed by atoms with Crippen molar-refractivity contribution in [1.82, 2.24) is 15.5 Å². The molecule has 1 heterocycles. The lowest BCUT2D eigenvalue weighted by Gasteiger charge is -2.43. The first-order valence-corrected chi connectivity index (χ1v) is 10.2. The van der Waals surface area contributed by atoms with E-state index in [0.717, 1.165) is 36.8 Å². The molecular weight excluding hydrogens is 353 g/mol. The molecule has 3 fully saturated rings. The zero-order valence-corrected chi connectivity index (χ0v) is 16.1. The molecule has 0 saturated heterocycles. The van der Waals surface area contributed by atoms with Crippen molar-refractivity contribution in [2.75, 3.05) is 13.6 Å². The number of amides is 2. The topological polar surface area (TPSA) is 44.4 Å². The second-order valence-corrected chi connectivity index (χ2v) is 8.57. The Labute approximate surface area is 165 Å². The van der Waals surface area contributed by atoms with E-state index in [-0.39, 0.29) is 23.4 Å². The Kier molecular flexibility index (Phi) is 4.16. The predicted octanol–water partition coefficient (Wildman–Crippen LogP) is 3.62. The standard InChI is InChI=1S/C23H26FN3O/c1-25-20-14-23(12-17(20)13-23)26-22(28)27-11-10-15-4-2-3-5-19(15)21(27)16-6-8-18(24)9-7-16/h2-9,17,20-21,25H,10-14H2,1H3,(H,26,28)/t17?,20?,21-,23?/m0/s1. The summed E-state index contributed by atoms with van der Waals surface area (Å²) in [5.74, 6) is 0.424. The molecule has 1 unspecified atom stereocenters. The van der Waals surface area contributed by atoms with E-state index in [1.54, 1.807) is 12.1 Å². The summed E-state index contributed by atoms with van der Waals surface area (Å²) < 4.78 is 13.5. The van der Waals surface area contributed by atoms with Gasteiger partial charge in [-0.2, -0.15) is 0 Å². The third kappa shape index (κ3) is 2.80. The molecule has 28 heavy (non-hydrogen) atoms. The third-order valence-corrected chi connectivity index (χ3v) is 6.96. The van der Waals surface area contributed by atoms with Crippen molar-refractivity contribution in [3.05, 3.63) is 71.0 Å². The van der Waals surface area contributed by atoms with Crippen LogP contribution in [0.5, 0.6) is 0 Å². The molecule has 3 aliphatic carbocycles. The molecule has 2 aromatic carbocycles. The maximum absolute atomic E-state index is 13.5. The molecule has 3 saturated carbocycles. The Morgan fingerprint density at radius 1 is 1.11 bits per heavy atom.